The van der Waals surface area contributed by atoms with Crippen LogP contribution in [0.25, 0.3) is 11.0 Å². The zero-order chi connectivity index (χ0) is 16.7. The van der Waals surface area contributed by atoms with Gasteiger partial charge in [0, 0.05) is 13.1 Å². The molecule has 122 valence electrons. The van der Waals surface area contributed by atoms with E-state index >= 15 is 0 Å². The Morgan fingerprint density at radius 1 is 1.30 bits per heavy atom. The monoisotopic (exact) mass is 317 g/mol. The van der Waals surface area contributed by atoms with Crippen LogP contribution in [0.4, 0.5) is 0 Å². The summed E-state index contributed by atoms with van der Waals surface area (Å²) in [5, 5.41) is 9.21. The molecule has 1 heterocycles. The number of aryl methyl sites for hydroxylation is 1. The number of aliphatic carboxylic acids is 1. The van der Waals surface area contributed by atoms with E-state index < -0.39 is 12.0 Å². The molecule has 1 unspecified atom stereocenters. The Bertz CT molecular complexity index is 831. The van der Waals surface area contributed by atoms with Gasteiger partial charge in [0.2, 0.25) is 5.91 Å². The molecule has 1 aliphatic carbocycles. The number of imidazole rings is 1. The maximum Gasteiger partial charge on any atom is 0.329 e. The molecule has 1 fully saturated rings. The molecule has 2 aromatic rings. The Hall–Kier alpha value is -2.57. The van der Waals surface area contributed by atoms with Crippen LogP contribution in [0, 0.1) is 0 Å². The summed E-state index contributed by atoms with van der Waals surface area (Å²) in [4.78, 5) is 37.7. The first-order chi connectivity index (χ1) is 10.9. The molecule has 0 bridgehead atoms. The predicted octanol–water partition coefficient (Wildman–Crippen LogP) is 0.804. The van der Waals surface area contributed by atoms with Crippen molar-refractivity contribution in [3.05, 3.63) is 34.7 Å². The fourth-order valence-electron chi connectivity index (χ4n) is 2.94. The molecule has 1 aromatic heterocycles. The first kappa shape index (κ1) is 15.3. The maximum atomic E-state index is 12.6. The minimum absolute atomic E-state index is 0.0284. The van der Waals surface area contributed by atoms with Crippen LogP contribution in [-0.2, 0) is 23.2 Å². The van der Waals surface area contributed by atoms with Crippen molar-refractivity contribution in [3.63, 3.8) is 0 Å². The summed E-state index contributed by atoms with van der Waals surface area (Å²) in [6.45, 7) is 1.36. The molecule has 3 rings (SSSR count). The molecule has 1 atom stereocenters. The summed E-state index contributed by atoms with van der Waals surface area (Å²) < 4.78 is 2.90. The van der Waals surface area contributed by atoms with Gasteiger partial charge in [-0.3, -0.25) is 13.9 Å². The quantitative estimate of drug-likeness (QED) is 0.884. The van der Waals surface area contributed by atoms with Gasteiger partial charge in [-0.1, -0.05) is 12.1 Å². The third-order valence-electron chi connectivity index (χ3n) is 4.35. The molecule has 7 heteroatoms. The van der Waals surface area contributed by atoms with Gasteiger partial charge < -0.3 is 10.0 Å². The van der Waals surface area contributed by atoms with Crippen molar-refractivity contribution < 1.29 is 14.7 Å². The Labute approximate surface area is 132 Å². The Morgan fingerprint density at radius 2 is 1.91 bits per heavy atom. The highest BCUT2D eigenvalue weighted by atomic mass is 16.4. The molecule has 0 spiro atoms. The number of carbonyl (C=O) groups is 2. The summed E-state index contributed by atoms with van der Waals surface area (Å²) in [5.41, 5.74) is 1.14. The highest BCUT2D eigenvalue weighted by Crippen LogP contribution is 2.29. The van der Waals surface area contributed by atoms with Crippen LogP contribution in [0.1, 0.15) is 19.8 Å². The fourth-order valence-corrected chi connectivity index (χ4v) is 2.94. The third-order valence-corrected chi connectivity index (χ3v) is 4.35. The second-order valence-electron chi connectivity index (χ2n) is 5.96. The molecule has 1 aromatic carbocycles. The highest BCUT2D eigenvalue weighted by Gasteiger charge is 2.38. The number of carboxylic acid groups (broad SMARTS) is 1. The number of aromatic nitrogens is 2. The Morgan fingerprint density at radius 3 is 2.48 bits per heavy atom. The number of hydrogen-bond acceptors (Lipinski definition) is 3. The van der Waals surface area contributed by atoms with E-state index in [4.69, 9.17) is 0 Å². The van der Waals surface area contributed by atoms with Crippen LogP contribution in [0.2, 0.25) is 0 Å². The molecular weight excluding hydrogens is 298 g/mol. The second-order valence-corrected chi connectivity index (χ2v) is 5.96. The van der Waals surface area contributed by atoms with Crippen LogP contribution < -0.4 is 5.69 Å². The lowest BCUT2D eigenvalue weighted by molar-refractivity contribution is -0.150. The minimum Gasteiger partial charge on any atom is -0.480 e. The van der Waals surface area contributed by atoms with Crippen LogP contribution in [0.15, 0.2) is 29.1 Å². The maximum absolute atomic E-state index is 12.6. The number of rotatable bonds is 5. The molecule has 1 amide bonds. The normalized spacial score (nSPS) is 15.6. The number of amides is 1. The molecular formula is C16H19N3O4. The largest absolute Gasteiger partial charge is 0.480 e. The van der Waals surface area contributed by atoms with Gasteiger partial charge in [0.25, 0.3) is 0 Å². The van der Waals surface area contributed by atoms with Crippen molar-refractivity contribution in [3.8, 4) is 0 Å². The molecule has 23 heavy (non-hydrogen) atoms. The zero-order valence-corrected chi connectivity index (χ0v) is 13.1. The van der Waals surface area contributed by atoms with Gasteiger partial charge in [0.15, 0.2) is 0 Å². The van der Waals surface area contributed by atoms with E-state index in [1.54, 1.807) is 19.2 Å². The van der Waals surface area contributed by atoms with Crippen molar-refractivity contribution in [1.29, 1.82) is 0 Å². The van der Waals surface area contributed by atoms with Crippen molar-refractivity contribution in [2.45, 2.75) is 38.4 Å². The van der Waals surface area contributed by atoms with Gasteiger partial charge in [0.1, 0.15) is 12.6 Å². The average molecular weight is 317 g/mol. The summed E-state index contributed by atoms with van der Waals surface area (Å²) in [6, 6.07) is 6.32. The van der Waals surface area contributed by atoms with Crippen molar-refractivity contribution in [2.75, 3.05) is 0 Å². The van der Waals surface area contributed by atoms with Gasteiger partial charge in [-0.25, -0.2) is 9.59 Å². The molecule has 0 saturated heterocycles. The fraction of sp³-hybridized carbons (Fsp3) is 0.438. The number of carboxylic acids is 1. The average Bonchev–Trinajstić information content (AvgIpc) is 3.32. The lowest BCUT2D eigenvalue weighted by Gasteiger charge is -2.26. The van der Waals surface area contributed by atoms with Gasteiger partial charge >= 0.3 is 11.7 Å². The second kappa shape index (κ2) is 5.57. The van der Waals surface area contributed by atoms with Crippen LogP contribution in [-0.4, -0.2) is 43.1 Å². The Kier molecular flexibility index (Phi) is 3.71. The number of nitrogens with zero attached hydrogens (tertiary/aromatic N) is 3. The van der Waals surface area contributed by atoms with Gasteiger partial charge in [-0.05, 0) is 31.9 Å². The molecule has 1 N–H and O–H groups in total. The highest BCUT2D eigenvalue weighted by molar-refractivity contribution is 5.85. The summed E-state index contributed by atoms with van der Waals surface area (Å²) in [7, 11) is 1.66. The zero-order valence-electron chi connectivity index (χ0n) is 13.1. The molecule has 0 aliphatic heterocycles. The van der Waals surface area contributed by atoms with E-state index in [9.17, 15) is 19.5 Å². The first-order valence-corrected chi connectivity index (χ1v) is 7.60. The first-order valence-electron chi connectivity index (χ1n) is 7.60. The van der Waals surface area contributed by atoms with E-state index in [1.165, 1.54) is 21.0 Å². The topological polar surface area (TPSA) is 84.5 Å². The standard InChI is InChI=1S/C16H19N3O4/c1-10(15(21)22)19(11-7-8-11)14(20)9-18-13-6-4-3-5-12(13)17(2)16(18)23/h3-6,10-11H,7-9H2,1-2H3,(H,21,22). The predicted molar refractivity (Wildman–Crippen MR) is 84.1 cm³/mol. The summed E-state index contributed by atoms with van der Waals surface area (Å²) in [6.07, 6.45) is 1.63. The number of carbonyl (C=O) groups excluding carboxylic acids is 1. The third kappa shape index (κ3) is 2.62. The van der Waals surface area contributed by atoms with Crippen molar-refractivity contribution in [2.24, 2.45) is 7.05 Å². The van der Waals surface area contributed by atoms with E-state index in [0.29, 0.717) is 5.52 Å². The van der Waals surface area contributed by atoms with Gasteiger partial charge in [0.05, 0.1) is 11.0 Å². The van der Waals surface area contributed by atoms with E-state index in [0.717, 1.165) is 18.4 Å². The molecule has 1 saturated carbocycles. The van der Waals surface area contributed by atoms with E-state index in [1.807, 2.05) is 12.1 Å². The SMILES string of the molecule is CC(C(=O)O)N(C(=O)Cn1c(=O)n(C)c2ccccc21)C1CC1. The number of benzene rings is 1. The Balaban J connectivity index is 1.95. The lowest BCUT2D eigenvalue weighted by Crippen LogP contribution is -2.46. The van der Waals surface area contributed by atoms with Gasteiger partial charge in [-0.2, -0.15) is 0 Å². The van der Waals surface area contributed by atoms with E-state index in [-0.39, 0.29) is 24.2 Å². The molecule has 0 radical (unpaired) electrons. The minimum atomic E-state index is -1.03. The lowest BCUT2D eigenvalue weighted by atomic mass is 10.2. The van der Waals surface area contributed by atoms with E-state index in [2.05, 4.69) is 0 Å². The van der Waals surface area contributed by atoms with Crippen LogP contribution >= 0.6 is 0 Å². The number of hydrogen-bond donors (Lipinski definition) is 1. The molecule has 7 nitrogen and oxygen atoms in total. The molecule has 1 aliphatic rings. The van der Waals surface area contributed by atoms with Crippen molar-refractivity contribution in [1.82, 2.24) is 14.0 Å². The summed E-state index contributed by atoms with van der Waals surface area (Å²) >= 11 is 0. The summed E-state index contributed by atoms with van der Waals surface area (Å²) in [5.74, 6) is -1.36. The smallest absolute Gasteiger partial charge is 0.329 e. The van der Waals surface area contributed by atoms with Crippen LogP contribution in [0.3, 0.4) is 0 Å². The van der Waals surface area contributed by atoms with Gasteiger partial charge in [-0.15, -0.1) is 0 Å². The van der Waals surface area contributed by atoms with Crippen LogP contribution in [0.5, 0.6) is 0 Å². The number of fused-ring (bicyclic) bond motifs is 1. The van der Waals surface area contributed by atoms with Crippen molar-refractivity contribution >= 4 is 22.9 Å². The number of para-hydroxylation sites is 2.